The van der Waals surface area contributed by atoms with Gasteiger partial charge in [-0.3, -0.25) is 9.10 Å². The van der Waals surface area contributed by atoms with E-state index in [0.717, 1.165) is 4.31 Å². The van der Waals surface area contributed by atoms with Gasteiger partial charge in [-0.2, -0.15) is 0 Å². The van der Waals surface area contributed by atoms with E-state index in [1.807, 2.05) is 0 Å². The molecule has 0 atom stereocenters. The molecule has 0 aromatic heterocycles. The van der Waals surface area contributed by atoms with Gasteiger partial charge in [0.15, 0.2) is 0 Å². The van der Waals surface area contributed by atoms with Crippen molar-refractivity contribution < 1.29 is 27.4 Å². The topological polar surface area (TPSA) is 94.2 Å². The van der Waals surface area contributed by atoms with Crippen LogP contribution in [0.4, 0.5) is 11.4 Å². The Morgan fingerprint density at radius 1 is 0.844 bits per heavy atom. The van der Waals surface area contributed by atoms with Crippen LogP contribution in [-0.4, -0.2) is 42.2 Å². The summed E-state index contributed by atoms with van der Waals surface area (Å²) < 4.78 is 43.5. The van der Waals surface area contributed by atoms with Crippen molar-refractivity contribution in [2.24, 2.45) is 0 Å². The Morgan fingerprint density at radius 3 is 2.19 bits per heavy atom. The zero-order valence-electron chi connectivity index (χ0n) is 17.9. The van der Waals surface area contributed by atoms with Gasteiger partial charge in [0.25, 0.3) is 10.0 Å². The quantitative estimate of drug-likeness (QED) is 0.529. The van der Waals surface area contributed by atoms with Crippen molar-refractivity contribution in [3.05, 3.63) is 72.8 Å². The second-order valence-electron chi connectivity index (χ2n) is 6.64. The van der Waals surface area contributed by atoms with E-state index in [1.54, 1.807) is 60.7 Å². The smallest absolute Gasteiger partial charge is 0.264 e. The van der Waals surface area contributed by atoms with Crippen molar-refractivity contribution in [3.63, 3.8) is 0 Å². The molecule has 3 aromatic rings. The molecule has 0 aliphatic heterocycles. The fraction of sp³-hybridized carbons (Fsp3) is 0.174. The minimum absolute atomic E-state index is 0.0673. The van der Waals surface area contributed by atoms with Gasteiger partial charge in [-0.15, -0.1) is 0 Å². The molecule has 0 heterocycles. The molecule has 0 unspecified atom stereocenters. The van der Waals surface area contributed by atoms with Crippen LogP contribution in [0.25, 0.3) is 0 Å². The highest BCUT2D eigenvalue weighted by Gasteiger charge is 2.27. The molecule has 0 radical (unpaired) electrons. The Bertz CT molecular complexity index is 1180. The molecule has 168 valence electrons. The number of methoxy groups -OCH3 is 3. The van der Waals surface area contributed by atoms with Crippen LogP contribution < -0.4 is 23.8 Å². The number of carbonyl (C=O) groups excluding carboxylic acids is 1. The summed E-state index contributed by atoms with van der Waals surface area (Å²) in [7, 11) is 0.443. The molecule has 1 N–H and O–H groups in total. The van der Waals surface area contributed by atoms with Crippen molar-refractivity contribution in [1.82, 2.24) is 0 Å². The van der Waals surface area contributed by atoms with Crippen molar-refractivity contribution in [1.29, 1.82) is 0 Å². The lowest BCUT2D eigenvalue weighted by atomic mass is 10.2. The molecule has 0 spiro atoms. The third-order valence-corrected chi connectivity index (χ3v) is 6.43. The zero-order chi connectivity index (χ0) is 23.1. The fourth-order valence-corrected chi connectivity index (χ4v) is 4.46. The first-order valence-corrected chi connectivity index (χ1v) is 11.1. The number of ether oxygens (including phenoxy) is 3. The largest absolute Gasteiger partial charge is 0.497 e. The molecule has 1 amide bonds. The van der Waals surface area contributed by atoms with Crippen molar-refractivity contribution in [3.8, 4) is 17.2 Å². The molecule has 0 saturated heterocycles. The van der Waals surface area contributed by atoms with E-state index in [9.17, 15) is 13.2 Å². The molecule has 8 nitrogen and oxygen atoms in total. The summed E-state index contributed by atoms with van der Waals surface area (Å²) in [5.41, 5.74) is 0.686. The number of hydrogen-bond donors (Lipinski definition) is 1. The van der Waals surface area contributed by atoms with Crippen LogP contribution >= 0.6 is 0 Å². The molecule has 0 aliphatic rings. The highest BCUT2D eigenvalue weighted by atomic mass is 32.2. The average molecular weight is 457 g/mol. The maximum atomic E-state index is 13.4. The standard InChI is InChI=1S/C23H24N2O6S/c1-29-18-9-7-8-17(14-18)25(32(27,28)20-10-5-4-6-11-20)16-23(26)24-21-13-12-19(30-2)15-22(21)31-3/h4-15H,16H2,1-3H3,(H,24,26). The Hall–Kier alpha value is -3.72. The van der Waals surface area contributed by atoms with Crippen molar-refractivity contribution in [2.45, 2.75) is 4.90 Å². The highest BCUT2D eigenvalue weighted by Crippen LogP contribution is 2.30. The Morgan fingerprint density at radius 2 is 1.53 bits per heavy atom. The van der Waals surface area contributed by atoms with Crippen LogP contribution in [-0.2, 0) is 14.8 Å². The summed E-state index contributed by atoms with van der Waals surface area (Å²) >= 11 is 0. The third kappa shape index (κ3) is 5.12. The maximum absolute atomic E-state index is 13.4. The van der Waals surface area contributed by atoms with E-state index >= 15 is 0 Å². The number of nitrogens with one attached hydrogen (secondary N) is 1. The SMILES string of the molecule is COc1cccc(N(CC(=O)Nc2ccc(OC)cc2OC)S(=O)(=O)c2ccccc2)c1. The first-order chi connectivity index (χ1) is 15.4. The summed E-state index contributed by atoms with van der Waals surface area (Å²) in [4.78, 5) is 13.0. The molecule has 32 heavy (non-hydrogen) atoms. The minimum Gasteiger partial charge on any atom is -0.497 e. The summed E-state index contributed by atoms with van der Waals surface area (Å²) in [6.07, 6.45) is 0. The van der Waals surface area contributed by atoms with Crippen LogP contribution in [0.5, 0.6) is 17.2 Å². The number of carbonyl (C=O) groups is 1. The van der Waals surface area contributed by atoms with Crippen molar-refractivity contribution in [2.75, 3.05) is 37.5 Å². The van der Waals surface area contributed by atoms with Gasteiger partial charge >= 0.3 is 0 Å². The second-order valence-corrected chi connectivity index (χ2v) is 8.50. The summed E-state index contributed by atoms with van der Waals surface area (Å²) in [6.45, 7) is -0.459. The zero-order valence-corrected chi connectivity index (χ0v) is 18.8. The number of hydrogen-bond acceptors (Lipinski definition) is 6. The lowest BCUT2D eigenvalue weighted by molar-refractivity contribution is -0.114. The normalized spacial score (nSPS) is 10.8. The van der Waals surface area contributed by atoms with Gasteiger partial charge in [0, 0.05) is 12.1 Å². The van der Waals surface area contributed by atoms with E-state index in [0.29, 0.717) is 28.6 Å². The van der Waals surface area contributed by atoms with E-state index in [-0.39, 0.29) is 4.90 Å². The van der Waals surface area contributed by atoms with Gasteiger partial charge in [-0.1, -0.05) is 24.3 Å². The number of anilines is 2. The average Bonchev–Trinajstić information content (AvgIpc) is 2.83. The first-order valence-electron chi connectivity index (χ1n) is 9.62. The van der Waals surface area contributed by atoms with E-state index < -0.39 is 22.5 Å². The lowest BCUT2D eigenvalue weighted by Crippen LogP contribution is -2.38. The molecule has 0 aliphatic carbocycles. The molecule has 3 aromatic carbocycles. The predicted octanol–water partition coefficient (Wildman–Crippen LogP) is 3.55. The second kappa shape index (κ2) is 10.1. The van der Waals surface area contributed by atoms with Crippen LogP contribution in [0.2, 0.25) is 0 Å². The van der Waals surface area contributed by atoms with E-state index in [4.69, 9.17) is 14.2 Å². The van der Waals surface area contributed by atoms with Crippen molar-refractivity contribution >= 4 is 27.3 Å². The van der Waals surface area contributed by atoms with Gasteiger partial charge in [0.05, 0.1) is 37.6 Å². The summed E-state index contributed by atoms with van der Waals surface area (Å²) in [5.74, 6) is 0.866. The number of benzene rings is 3. The monoisotopic (exact) mass is 456 g/mol. The Balaban J connectivity index is 1.95. The van der Waals surface area contributed by atoms with Gasteiger partial charge in [-0.25, -0.2) is 8.42 Å². The van der Waals surface area contributed by atoms with Gasteiger partial charge < -0.3 is 19.5 Å². The molecular formula is C23H24N2O6S. The van der Waals surface area contributed by atoms with Crippen LogP contribution in [0.1, 0.15) is 0 Å². The van der Waals surface area contributed by atoms with Crippen LogP contribution in [0.3, 0.4) is 0 Å². The van der Waals surface area contributed by atoms with Gasteiger partial charge in [0.2, 0.25) is 5.91 Å². The minimum atomic E-state index is -4.03. The molecule has 3 rings (SSSR count). The summed E-state index contributed by atoms with van der Waals surface area (Å²) in [6, 6.07) is 19.3. The highest BCUT2D eigenvalue weighted by molar-refractivity contribution is 7.92. The maximum Gasteiger partial charge on any atom is 0.264 e. The molecule has 0 bridgehead atoms. The number of nitrogens with zero attached hydrogens (tertiary/aromatic N) is 1. The Kier molecular flexibility index (Phi) is 7.21. The summed E-state index contributed by atoms with van der Waals surface area (Å²) in [5, 5.41) is 2.71. The molecular weight excluding hydrogens is 432 g/mol. The third-order valence-electron chi connectivity index (χ3n) is 4.64. The molecule has 9 heteroatoms. The van der Waals surface area contributed by atoms with Gasteiger partial charge in [0.1, 0.15) is 23.8 Å². The van der Waals surface area contributed by atoms with Gasteiger partial charge in [-0.05, 0) is 36.4 Å². The fourth-order valence-electron chi connectivity index (χ4n) is 3.02. The number of sulfonamides is 1. The Labute approximate surface area is 187 Å². The first kappa shape index (κ1) is 23.0. The number of amides is 1. The van der Waals surface area contributed by atoms with E-state index in [2.05, 4.69) is 5.32 Å². The lowest BCUT2D eigenvalue weighted by Gasteiger charge is -2.24. The van der Waals surface area contributed by atoms with Crippen LogP contribution in [0, 0.1) is 0 Å². The number of rotatable bonds is 9. The molecule has 0 saturated carbocycles. The van der Waals surface area contributed by atoms with E-state index in [1.165, 1.54) is 33.5 Å². The molecule has 0 fully saturated rings. The van der Waals surface area contributed by atoms with Crippen LogP contribution in [0.15, 0.2) is 77.7 Å². The predicted molar refractivity (Wildman–Crippen MR) is 122 cm³/mol.